The predicted molar refractivity (Wildman–Crippen MR) is 113 cm³/mol. The van der Waals surface area contributed by atoms with Crippen molar-refractivity contribution in [2.45, 2.75) is 58.3 Å². The Morgan fingerprint density at radius 1 is 1.12 bits per heavy atom. The van der Waals surface area contributed by atoms with Crippen molar-refractivity contribution in [1.82, 2.24) is 4.90 Å². The number of nitrogens with zero attached hydrogens (tertiary/aromatic N) is 1. The molecule has 1 heterocycles. The number of halogens is 4. The highest BCUT2D eigenvalue weighted by atomic mass is 19.4. The fraction of sp³-hybridized carbons (Fsp3) is 0.458. The lowest BCUT2D eigenvalue weighted by Crippen LogP contribution is -2.57. The highest BCUT2D eigenvalue weighted by Crippen LogP contribution is 2.36. The van der Waals surface area contributed by atoms with Gasteiger partial charge in [-0.25, -0.2) is 4.39 Å². The Bertz CT molecular complexity index is 952. The molecule has 0 radical (unpaired) electrons. The summed E-state index contributed by atoms with van der Waals surface area (Å²) in [6, 6.07) is 8.82. The average molecular weight is 451 g/mol. The molecule has 0 aliphatic carbocycles. The molecular formula is C24H27F4N2O2-. The quantitative estimate of drug-likeness (QED) is 0.661. The van der Waals surface area contributed by atoms with E-state index in [9.17, 15) is 27.5 Å². The molecule has 1 N–H and O–H groups in total. The highest BCUT2D eigenvalue weighted by Gasteiger charge is 2.37. The number of anilines is 1. The molecule has 3 rings (SSSR count). The summed E-state index contributed by atoms with van der Waals surface area (Å²) in [6.45, 7) is 6.14. The van der Waals surface area contributed by atoms with Gasteiger partial charge in [-0.2, -0.15) is 13.2 Å². The fourth-order valence-electron chi connectivity index (χ4n) is 4.24. The SMILES string of the molecule is CC(C)(C)C1CC(Nc2ccc(C(F)(F)F)cc2Cc2ccc(F)cc2)CCN1C(=O)[O-]. The number of alkyl halides is 3. The maximum atomic E-state index is 13.3. The van der Waals surface area contributed by atoms with Gasteiger partial charge in [0, 0.05) is 24.3 Å². The maximum absolute atomic E-state index is 13.3. The van der Waals surface area contributed by atoms with Crippen molar-refractivity contribution in [2.24, 2.45) is 5.41 Å². The van der Waals surface area contributed by atoms with Gasteiger partial charge in [0.15, 0.2) is 0 Å². The summed E-state index contributed by atoms with van der Waals surface area (Å²) in [5.41, 5.74) is 0.618. The van der Waals surface area contributed by atoms with Crippen LogP contribution in [0.2, 0.25) is 0 Å². The van der Waals surface area contributed by atoms with Crippen molar-refractivity contribution < 1.29 is 27.5 Å². The maximum Gasteiger partial charge on any atom is 0.416 e. The number of rotatable bonds is 4. The molecule has 0 aromatic heterocycles. The lowest BCUT2D eigenvalue weighted by Gasteiger charge is -2.47. The number of piperidine rings is 1. The summed E-state index contributed by atoms with van der Waals surface area (Å²) in [7, 11) is 0. The molecule has 174 valence electrons. The van der Waals surface area contributed by atoms with Crippen LogP contribution >= 0.6 is 0 Å². The van der Waals surface area contributed by atoms with Crippen molar-refractivity contribution in [3.05, 3.63) is 65.0 Å². The number of benzene rings is 2. The standard InChI is InChI=1S/C24H28F4N2O2/c1-23(2,3)21-14-19(10-11-30(21)22(31)32)29-20-9-6-17(24(26,27)28)13-16(20)12-15-4-7-18(25)8-5-15/h4-9,13,19,21,29H,10-12,14H2,1-3H3,(H,31,32)/p-1. The summed E-state index contributed by atoms with van der Waals surface area (Å²) >= 11 is 0. The van der Waals surface area contributed by atoms with Crippen molar-refractivity contribution in [1.29, 1.82) is 0 Å². The van der Waals surface area contributed by atoms with Crippen LogP contribution in [0.25, 0.3) is 0 Å². The Hall–Kier alpha value is -2.77. The van der Waals surface area contributed by atoms with E-state index in [1.807, 2.05) is 20.8 Å². The minimum Gasteiger partial charge on any atom is -0.530 e. The summed E-state index contributed by atoms with van der Waals surface area (Å²) in [5, 5.41) is 14.9. The molecule has 2 aromatic rings. The van der Waals surface area contributed by atoms with Gasteiger partial charge < -0.3 is 20.1 Å². The lowest BCUT2D eigenvalue weighted by molar-refractivity contribution is -0.271. The molecule has 0 saturated carbocycles. The van der Waals surface area contributed by atoms with Crippen LogP contribution in [0, 0.1) is 11.2 Å². The van der Waals surface area contributed by atoms with E-state index in [1.54, 1.807) is 12.1 Å². The topological polar surface area (TPSA) is 55.4 Å². The molecule has 2 unspecified atom stereocenters. The summed E-state index contributed by atoms with van der Waals surface area (Å²) < 4.78 is 53.2. The molecule has 1 aliphatic heterocycles. The van der Waals surface area contributed by atoms with Gasteiger partial charge in [0.1, 0.15) is 11.9 Å². The summed E-state index contributed by atoms with van der Waals surface area (Å²) in [5.74, 6) is -0.413. The molecule has 1 fully saturated rings. The van der Waals surface area contributed by atoms with Crippen LogP contribution in [0.1, 0.15) is 50.3 Å². The van der Waals surface area contributed by atoms with E-state index in [1.165, 1.54) is 23.1 Å². The zero-order chi connectivity index (χ0) is 23.7. The highest BCUT2D eigenvalue weighted by molar-refractivity contribution is 5.63. The molecule has 4 nitrogen and oxygen atoms in total. The van der Waals surface area contributed by atoms with Crippen molar-refractivity contribution >= 4 is 11.8 Å². The van der Waals surface area contributed by atoms with Gasteiger partial charge in [0.2, 0.25) is 0 Å². The third-order valence-electron chi connectivity index (χ3n) is 5.94. The number of hydrogen-bond acceptors (Lipinski definition) is 3. The van der Waals surface area contributed by atoms with Crippen LogP contribution in [-0.4, -0.2) is 29.6 Å². The van der Waals surface area contributed by atoms with Gasteiger partial charge in [-0.05, 0) is 66.1 Å². The molecule has 8 heteroatoms. The Morgan fingerprint density at radius 3 is 2.34 bits per heavy atom. The molecule has 2 aromatic carbocycles. The van der Waals surface area contributed by atoms with E-state index in [0.717, 1.165) is 12.1 Å². The van der Waals surface area contributed by atoms with Gasteiger partial charge in [0.05, 0.1) is 5.56 Å². The third-order valence-corrected chi connectivity index (χ3v) is 5.94. The fourth-order valence-corrected chi connectivity index (χ4v) is 4.24. The number of hydrogen-bond donors (Lipinski definition) is 1. The molecule has 1 saturated heterocycles. The second-order valence-electron chi connectivity index (χ2n) is 9.38. The Kier molecular flexibility index (Phi) is 6.72. The van der Waals surface area contributed by atoms with Crippen molar-refractivity contribution in [3.8, 4) is 0 Å². The second-order valence-corrected chi connectivity index (χ2v) is 9.38. The zero-order valence-corrected chi connectivity index (χ0v) is 18.3. The van der Waals surface area contributed by atoms with Crippen molar-refractivity contribution in [3.63, 3.8) is 0 Å². The van der Waals surface area contributed by atoms with E-state index in [-0.39, 0.29) is 30.5 Å². The van der Waals surface area contributed by atoms with Gasteiger partial charge >= 0.3 is 6.18 Å². The van der Waals surface area contributed by atoms with Crippen LogP contribution in [0.3, 0.4) is 0 Å². The summed E-state index contributed by atoms with van der Waals surface area (Å²) in [6.07, 6.45) is -4.47. The Labute approximate surface area is 185 Å². The monoisotopic (exact) mass is 451 g/mol. The summed E-state index contributed by atoms with van der Waals surface area (Å²) in [4.78, 5) is 12.9. The number of carbonyl (C=O) groups excluding carboxylic acids is 1. The average Bonchev–Trinajstić information content (AvgIpc) is 2.69. The number of carbonyl (C=O) groups is 1. The van der Waals surface area contributed by atoms with E-state index in [0.29, 0.717) is 29.7 Å². The van der Waals surface area contributed by atoms with E-state index in [4.69, 9.17) is 0 Å². The van der Waals surface area contributed by atoms with Crippen LogP contribution < -0.4 is 10.4 Å². The predicted octanol–water partition coefficient (Wildman–Crippen LogP) is 5.07. The number of likely N-dealkylation sites (tertiary alicyclic amines) is 1. The minimum absolute atomic E-state index is 0.112. The van der Waals surface area contributed by atoms with E-state index < -0.39 is 23.7 Å². The molecule has 2 atom stereocenters. The minimum atomic E-state index is -4.48. The van der Waals surface area contributed by atoms with Gasteiger partial charge in [-0.15, -0.1) is 0 Å². The molecule has 32 heavy (non-hydrogen) atoms. The smallest absolute Gasteiger partial charge is 0.416 e. The van der Waals surface area contributed by atoms with Gasteiger partial charge in [-0.3, -0.25) is 0 Å². The largest absolute Gasteiger partial charge is 0.530 e. The number of nitrogens with one attached hydrogen (secondary N) is 1. The molecule has 1 aliphatic rings. The third kappa shape index (κ3) is 5.72. The first-order chi connectivity index (χ1) is 14.8. The Morgan fingerprint density at radius 2 is 1.78 bits per heavy atom. The molecule has 0 spiro atoms. The lowest BCUT2D eigenvalue weighted by atomic mass is 9.79. The Balaban J connectivity index is 1.88. The van der Waals surface area contributed by atoms with Gasteiger partial charge in [0.25, 0.3) is 0 Å². The van der Waals surface area contributed by atoms with Crippen LogP contribution in [0.4, 0.5) is 28.0 Å². The first kappa shape index (κ1) is 23.9. The number of amides is 1. The molecular weight excluding hydrogens is 424 g/mol. The molecule has 1 amide bonds. The van der Waals surface area contributed by atoms with Gasteiger partial charge in [-0.1, -0.05) is 32.9 Å². The normalized spacial score (nSPS) is 19.7. The first-order valence-corrected chi connectivity index (χ1v) is 10.5. The van der Waals surface area contributed by atoms with E-state index in [2.05, 4.69) is 5.32 Å². The molecule has 0 bridgehead atoms. The zero-order valence-electron chi connectivity index (χ0n) is 18.3. The van der Waals surface area contributed by atoms with E-state index >= 15 is 0 Å². The second kappa shape index (κ2) is 9.00. The first-order valence-electron chi connectivity index (χ1n) is 10.5. The van der Waals surface area contributed by atoms with Crippen LogP contribution in [-0.2, 0) is 12.6 Å². The van der Waals surface area contributed by atoms with Crippen LogP contribution in [0.5, 0.6) is 0 Å². The number of carboxylic acid groups (broad SMARTS) is 1. The van der Waals surface area contributed by atoms with Crippen LogP contribution in [0.15, 0.2) is 42.5 Å². The van der Waals surface area contributed by atoms with Crippen molar-refractivity contribution in [2.75, 3.05) is 11.9 Å².